The number of halogens is 1. The predicted molar refractivity (Wildman–Crippen MR) is 96.8 cm³/mol. The molecule has 2 aromatic rings. The fourth-order valence-corrected chi connectivity index (χ4v) is 2.65. The van der Waals surface area contributed by atoms with Gasteiger partial charge in [-0.25, -0.2) is 4.39 Å². The molecule has 0 bridgehead atoms. The molecule has 0 unspecified atom stereocenters. The number of benzene rings is 2. The second-order valence-electron chi connectivity index (χ2n) is 5.15. The monoisotopic (exact) mass is 346 g/mol. The molecule has 0 saturated heterocycles. The van der Waals surface area contributed by atoms with E-state index in [0.717, 1.165) is 17.7 Å². The minimum absolute atomic E-state index is 0.150. The van der Waals surface area contributed by atoms with Crippen molar-refractivity contribution in [2.45, 2.75) is 13.3 Å². The first kappa shape index (κ1) is 18.0. The number of thioether (sulfide) groups is 1. The SMILES string of the molecule is CCc1cccc(NC(=O)CSCC(=O)Nc2ccc(F)cc2)c1. The van der Waals surface area contributed by atoms with Crippen molar-refractivity contribution >= 4 is 35.0 Å². The van der Waals surface area contributed by atoms with Gasteiger partial charge in [0, 0.05) is 11.4 Å². The summed E-state index contributed by atoms with van der Waals surface area (Å²) in [4.78, 5) is 23.6. The second kappa shape index (κ2) is 9.08. The molecular formula is C18H19FN2O2S. The molecule has 0 saturated carbocycles. The Kier molecular flexibility index (Phi) is 6.81. The van der Waals surface area contributed by atoms with Gasteiger partial charge >= 0.3 is 0 Å². The summed E-state index contributed by atoms with van der Waals surface area (Å²) in [5, 5.41) is 5.46. The van der Waals surface area contributed by atoms with Gasteiger partial charge in [-0.2, -0.15) is 0 Å². The Morgan fingerprint density at radius 1 is 0.958 bits per heavy atom. The van der Waals surface area contributed by atoms with Crippen LogP contribution in [0.1, 0.15) is 12.5 Å². The van der Waals surface area contributed by atoms with E-state index in [1.165, 1.54) is 36.0 Å². The average Bonchev–Trinajstić information content (AvgIpc) is 2.57. The van der Waals surface area contributed by atoms with Crippen molar-refractivity contribution in [3.05, 3.63) is 59.9 Å². The van der Waals surface area contributed by atoms with Crippen LogP contribution in [0.2, 0.25) is 0 Å². The third kappa shape index (κ3) is 6.04. The van der Waals surface area contributed by atoms with Crippen LogP contribution < -0.4 is 10.6 Å². The van der Waals surface area contributed by atoms with Crippen LogP contribution in [0.3, 0.4) is 0 Å². The molecule has 2 amide bonds. The molecule has 0 aromatic heterocycles. The van der Waals surface area contributed by atoms with Gasteiger partial charge < -0.3 is 10.6 Å². The Labute approximate surface area is 144 Å². The van der Waals surface area contributed by atoms with Crippen molar-refractivity contribution in [2.24, 2.45) is 0 Å². The molecule has 24 heavy (non-hydrogen) atoms. The normalized spacial score (nSPS) is 10.2. The van der Waals surface area contributed by atoms with E-state index in [-0.39, 0.29) is 29.1 Å². The fraction of sp³-hybridized carbons (Fsp3) is 0.222. The summed E-state index contributed by atoms with van der Waals surface area (Å²) in [6, 6.07) is 13.2. The second-order valence-corrected chi connectivity index (χ2v) is 6.14. The Hall–Kier alpha value is -2.34. The number of aryl methyl sites for hydroxylation is 1. The third-order valence-electron chi connectivity index (χ3n) is 3.21. The van der Waals surface area contributed by atoms with E-state index < -0.39 is 0 Å². The van der Waals surface area contributed by atoms with Crippen LogP contribution in [0.15, 0.2) is 48.5 Å². The van der Waals surface area contributed by atoms with Crippen LogP contribution >= 0.6 is 11.8 Å². The lowest BCUT2D eigenvalue weighted by molar-refractivity contribution is -0.114. The molecule has 0 aliphatic rings. The maximum absolute atomic E-state index is 12.8. The number of hydrogen-bond acceptors (Lipinski definition) is 3. The Bertz CT molecular complexity index is 704. The van der Waals surface area contributed by atoms with Crippen molar-refractivity contribution in [2.75, 3.05) is 22.1 Å². The fourth-order valence-electron chi connectivity index (χ4n) is 2.03. The van der Waals surface area contributed by atoms with Gasteiger partial charge in [0.05, 0.1) is 11.5 Å². The minimum atomic E-state index is -0.355. The third-order valence-corrected chi connectivity index (χ3v) is 4.15. The van der Waals surface area contributed by atoms with Crippen LogP contribution in [-0.2, 0) is 16.0 Å². The highest BCUT2D eigenvalue weighted by Crippen LogP contribution is 2.13. The number of amides is 2. The Balaban J connectivity index is 1.71. The number of nitrogens with one attached hydrogen (secondary N) is 2. The largest absolute Gasteiger partial charge is 0.325 e. The van der Waals surface area contributed by atoms with Crippen molar-refractivity contribution in [1.29, 1.82) is 0 Å². The van der Waals surface area contributed by atoms with Crippen molar-refractivity contribution in [3.63, 3.8) is 0 Å². The number of carbonyl (C=O) groups excluding carboxylic acids is 2. The van der Waals surface area contributed by atoms with Gasteiger partial charge in [0.1, 0.15) is 5.82 Å². The first-order chi connectivity index (χ1) is 11.6. The molecule has 2 N–H and O–H groups in total. The van der Waals surface area contributed by atoms with Crippen LogP contribution in [-0.4, -0.2) is 23.3 Å². The molecule has 6 heteroatoms. The minimum Gasteiger partial charge on any atom is -0.325 e. The highest BCUT2D eigenvalue weighted by molar-refractivity contribution is 8.00. The lowest BCUT2D eigenvalue weighted by atomic mass is 10.1. The van der Waals surface area contributed by atoms with Crippen molar-refractivity contribution < 1.29 is 14.0 Å². The van der Waals surface area contributed by atoms with E-state index in [4.69, 9.17) is 0 Å². The number of anilines is 2. The molecule has 0 aliphatic heterocycles. The maximum Gasteiger partial charge on any atom is 0.234 e. The molecule has 0 fully saturated rings. The molecule has 0 heterocycles. The summed E-state index contributed by atoms with van der Waals surface area (Å²) < 4.78 is 12.8. The van der Waals surface area contributed by atoms with Crippen LogP contribution in [0.4, 0.5) is 15.8 Å². The molecule has 0 radical (unpaired) electrons. The topological polar surface area (TPSA) is 58.2 Å². The zero-order valence-electron chi connectivity index (χ0n) is 13.3. The molecule has 0 aliphatic carbocycles. The number of rotatable bonds is 7. The van der Waals surface area contributed by atoms with Gasteiger partial charge in [0.15, 0.2) is 0 Å². The maximum atomic E-state index is 12.8. The first-order valence-electron chi connectivity index (χ1n) is 7.59. The standard InChI is InChI=1S/C18H19FN2O2S/c1-2-13-4-3-5-16(10-13)21-18(23)12-24-11-17(22)20-15-8-6-14(19)7-9-15/h3-10H,2,11-12H2,1H3,(H,20,22)(H,21,23). The number of carbonyl (C=O) groups is 2. The summed E-state index contributed by atoms with van der Waals surface area (Å²) in [6.45, 7) is 2.05. The van der Waals surface area contributed by atoms with E-state index in [2.05, 4.69) is 17.6 Å². The Morgan fingerprint density at radius 2 is 1.58 bits per heavy atom. The van der Waals surface area contributed by atoms with Crippen molar-refractivity contribution in [3.8, 4) is 0 Å². The summed E-state index contributed by atoms with van der Waals surface area (Å²) in [6.07, 6.45) is 0.905. The van der Waals surface area contributed by atoms with Crippen LogP contribution in [0.5, 0.6) is 0 Å². The summed E-state index contributed by atoms with van der Waals surface area (Å²) in [5.41, 5.74) is 2.44. The molecule has 2 aromatic carbocycles. The first-order valence-corrected chi connectivity index (χ1v) is 8.74. The summed E-state index contributed by atoms with van der Waals surface area (Å²) in [5.74, 6) is -0.395. The summed E-state index contributed by atoms with van der Waals surface area (Å²) in [7, 11) is 0. The van der Waals surface area contributed by atoms with Gasteiger partial charge in [0.2, 0.25) is 11.8 Å². The zero-order valence-corrected chi connectivity index (χ0v) is 14.2. The molecule has 4 nitrogen and oxygen atoms in total. The van der Waals surface area contributed by atoms with Gasteiger partial charge in [-0.3, -0.25) is 9.59 Å². The van der Waals surface area contributed by atoms with E-state index in [0.29, 0.717) is 5.69 Å². The quantitative estimate of drug-likeness (QED) is 0.804. The predicted octanol–water partition coefficient (Wildman–Crippen LogP) is 3.70. The van der Waals surface area contributed by atoms with E-state index in [1.54, 1.807) is 0 Å². The summed E-state index contributed by atoms with van der Waals surface area (Å²) >= 11 is 1.22. The smallest absolute Gasteiger partial charge is 0.234 e. The zero-order chi connectivity index (χ0) is 17.4. The van der Waals surface area contributed by atoms with Crippen LogP contribution in [0.25, 0.3) is 0 Å². The Morgan fingerprint density at radius 3 is 2.21 bits per heavy atom. The average molecular weight is 346 g/mol. The van der Waals surface area contributed by atoms with E-state index in [1.807, 2.05) is 24.3 Å². The van der Waals surface area contributed by atoms with E-state index in [9.17, 15) is 14.0 Å². The van der Waals surface area contributed by atoms with Crippen molar-refractivity contribution in [1.82, 2.24) is 0 Å². The molecule has 0 spiro atoms. The highest BCUT2D eigenvalue weighted by Gasteiger charge is 2.07. The lowest BCUT2D eigenvalue weighted by Gasteiger charge is -2.07. The molecule has 2 rings (SSSR count). The van der Waals surface area contributed by atoms with Crippen LogP contribution in [0, 0.1) is 5.82 Å². The highest BCUT2D eigenvalue weighted by atomic mass is 32.2. The molecule has 126 valence electrons. The van der Waals surface area contributed by atoms with Gasteiger partial charge in [0.25, 0.3) is 0 Å². The molecule has 0 atom stereocenters. The van der Waals surface area contributed by atoms with E-state index >= 15 is 0 Å². The van der Waals surface area contributed by atoms with Gasteiger partial charge in [-0.15, -0.1) is 11.8 Å². The van der Waals surface area contributed by atoms with Gasteiger partial charge in [-0.1, -0.05) is 19.1 Å². The lowest BCUT2D eigenvalue weighted by Crippen LogP contribution is -2.18. The molecular weight excluding hydrogens is 327 g/mol. The van der Waals surface area contributed by atoms with Gasteiger partial charge in [-0.05, 0) is 48.4 Å². The number of hydrogen-bond donors (Lipinski definition) is 2.